The Bertz CT molecular complexity index is 3000. The lowest BCUT2D eigenvalue weighted by molar-refractivity contribution is -0.124. The number of nitrogens with zero attached hydrogens (tertiary/aromatic N) is 9. The van der Waals surface area contributed by atoms with Gasteiger partial charge in [-0.3, -0.25) is 38.4 Å². The standard InChI is InChI=1S/C46H59N17O9/c1-57(2)16-9-12-47-37(65)11-14-50-41(67)31-18-27(22-59(31)4)51-42(68)33-20-28(23-61(33)6)52-43(69)34-21-29(24-62(34)7)53-44(70)35(64)10-13-49-40(66)32-19-30(25-60(32)5)54-46(72)39-55-36(26-63(39)8)56-45(71)38-48-15-17-58(38)3/h15,17-26,35,64H,9-14,16H2,1-8H3,(H,47,65)(H,49,66)(H,50,67)(H,51,68)(H,52,69)(H,53,70)(H,54,72)(H,56,71)/t35-/m1/s1. The minimum atomic E-state index is -1.54. The van der Waals surface area contributed by atoms with Gasteiger partial charge in [0.25, 0.3) is 41.4 Å². The average molecular weight is 994 g/mol. The molecule has 0 aromatic carbocycles. The van der Waals surface area contributed by atoms with Gasteiger partial charge < -0.3 is 79.9 Å². The van der Waals surface area contributed by atoms with Gasteiger partial charge in [-0.2, -0.15) is 0 Å². The highest BCUT2D eigenvalue weighted by Crippen LogP contribution is 2.21. The van der Waals surface area contributed by atoms with E-state index >= 15 is 0 Å². The quantitative estimate of drug-likeness (QED) is 0.0428. The van der Waals surface area contributed by atoms with Crippen LogP contribution in [0.25, 0.3) is 0 Å². The third-order valence-corrected chi connectivity index (χ3v) is 11.1. The Labute approximate surface area is 413 Å². The zero-order valence-corrected chi connectivity index (χ0v) is 41.1. The molecule has 0 saturated heterocycles. The summed E-state index contributed by atoms with van der Waals surface area (Å²) in [7, 11) is 13.6. The molecule has 0 aliphatic rings. The van der Waals surface area contributed by atoms with Crippen LogP contribution in [0.3, 0.4) is 0 Å². The van der Waals surface area contributed by atoms with Crippen molar-refractivity contribution in [2.45, 2.75) is 25.4 Å². The van der Waals surface area contributed by atoms with Crippen molar-refractivity contribution < 1.29 is 43.5 Å². The number of aromatic nitrogens is 8. The molecule has 6 aromatic rings. The number of aryl methyl sites for hydroxylation is 6. The molecule has 382 valence electrons. The van der Waals surface area contributed by atoms with Gasteiger partial charge in [-0.05, 0) is 57.7 Å². The van der Waals surface area contributed by atoms with E-state index in [2.05, 4.69) is 52.5 Å². The van der Waals surface area contributed by atoms with Gasteiger partial charge in [0.1, 0.15) is 28.9 Å². The molecule has 9 N–H and O–H groups in total. The van der Waals surface area contributed by atoms with Crippen molar-refractivity contribution in [2.75, 3.05) is 66.9 Å². The number of carbonyl (C=O) groups excluding carboxylic acids is 8. The van der Waals surface area contributed by atoms with Crippen molar-refractivity contribution >= 4 is 75.8 Å². The molecule has 26 nitrogen and oxygen atoms in total. The third kappa shape index (κ3) is 13.5. The maximum Gasteiger partial charge on any atom is 0.292 e. The van der Waals surface area contributed by atoms with Crippen LogP contribution in [0.15, 0.2) is 67.6 Å². The second kappa shape index (κ2) is 23.2. The molecule has 8 amide bonds. The Hall–Kier alpha value is -8.78. The van der Waals surface area contributed by atoms with Crippen molar-refractivity contribution in [2.24, 2.45) is 42.3 Å². The molecule has 0 aliphatic heterocycles. The highest BCUT2D eigenvalue weighted by molar-refractivity contribution is 6.08. The summed E-state index contributed by atoms with van der Waals surface area (Å²) in [6.07, 6.45) is 9.90. The third-order valence-electron chi connectivity index (χ3n) is 11.1. The number of hydrogen-bond acceptors (Lipinski definition) is 12. The first-order valence-corrected chi connectivity index (χ1v) is 22.6. The zero-order chi connectivity index (χ0) is 52.4. The smallest absolute Gasteiger partial charge is 0.292 e. The van der Waals surface area contributed by atoms with Gasteiger partial charge in [-0.25, -0.2) is 9.97 Å². The lowest BCUT2D eigenvalue weighted by atomic mass is 10.2. The molecule has 0 fully saturated rings. The SMILES string of the molecule is CN(C)CCCNC(=O)CCNC(=O)c1cc(NC(=O)c2cc(NC(=O)c3cc(NC(=O)[C@H](O)CCNC(=O)c4cc(NC(=O)c5nc(NC(=O)c6nccn6C)cn5C)cn4C)cn3C)cn2C)cn1C. The number of carbonyl (C=O) groups is 8. The Balaban J connectivity index is 0.932. The molecule has 6 rings (SSSR count). The molecule has 0 unspecified atom stereocenters. The van der Waals surface area contributed by atoms with E-state index in [1.165, 1.54) is 71.9 Å². The van der Waals surface area contributed by atoms with Gasteiger partial charge in [0.05, 0.1) is 22.7 Å². The van der Waals surface area contributed by atoms with Crippen LogP contribution in [-0.4, -0.2) is 141 Å². The molecule has 0 spiro atoms. The van der Waals surface area contributed by atoms with Crippen LogP contribution in [-0.2, 0) is 51.9 Å². The summed E-state index contributed by atoms with van der Waals surface area (Å²) in [4.78, 5) is 113. The number of aliphatic hydroxyl groups excluding tert-OH is 1. The van der Waals surface area contributed by atoms with E-state index in [-0.39, 0.29) is 83.5 Å². The number of amides is 8. The number of aliphatic hydroxyl groups is 1. The number of anilines is 5. The average Bonchev–Trinajstić information content (AvgIpc) is 4.18. The lowest BCUT2D eigenvalue weighted by Crippen LogP contribution is -2.33. The number of hydrogen-bond donors (Lipinski definition) is 9. The summed E-state index contributed by atoms with van der Waals surface area (Å²) in [6.45, 7) is 1.43. The van der Waals surface area contributed by atoms with Crippen LogP contribution < -0.4 is 42.5 Å². The zero-order valence-electron chi connectivity index (χ0n) is 41.1. The van der Waals surface area contributed by atoms with E-state index < -0.39 is 47.5 Å². The van der Waals surface area contributed by atoms with Gasteiger partial charge in [0.15, 0.2) is 11.6 Å². The summed E-state index contributed by atoms with van der Waals surface area (Å²) in [5.74, 6) is -3.81. The Morgan fingerprint density at radius 2 is 1.01 bits per heavy atom. The van der Waals surface area contributed by atoms with Crippen molar-refractivity contribution in [3.63, 3.8) is 0 Å². The first kappa shape index (κ1) is 52.6. The predicted molar refractivity (Wildman–Crippen MR) is 265 cm³/mol. The minimum absolute atomic E-state index is 0.0134. The fraction of sp³-hybridized carbons (Fsp3) is 0.348. The number of nitrogens with one attached hydrogen (secondary N) is 8. The van der Waals surface area contributed by atoms with Crippen molar-refractivity contribution in [3.05, 3.63) is 102 Å². The fourth-order valence-corrected chi connectivity index (χ4v) is 7.37. The molecule has 1 atom stereocenters. The second-order valence-corrected chi connectivity index (χ2v) is 17.2. The van der Waals surface area contributed by atoms with Crippen LogP contribution in [0.1, 0.15) is 82.5 Å². The summed E-state index contributed by atoms with van der Waals surface area (Å²) >= 11 is 0. The maximum atomic E-state index is 13.4. The van der Waals surface area contributed by atoms with Gasteiger partial charge in [-0.15, -0.1) is 0 Å². The topological polar surface area (TPSA) is 312 Å². The van der Waals surface area contributed by atoms with E-state index in [1.807, 2.05) is 19.0 Å². The highest BCUT2D eigenvalue weighted by Gasteiger charge is 2.23. The van der Waals surface area contributed by atoms with Crippen molar-refractivity contribution in [1.82, 2.24) is 58.2 Å². The van der Waals surface area contributed by atoms with Crippen LogP contribution in [0.4, 0.5) is 28.6 Å². The van der Waals surface area contributed by atoms with E-state index in [0.717, 1.165) is 13.0 Å². The summed E-state index contributed by atoms with van der Waals surface area (Å²) in [5.41, 5.74) is 1.92. The van der Waals surface area contributed by atoms with Gasteiger partial charge >= 0.3 is 0 Å². The predicted octanol–water partition coefficient (Wildman–Crippen LogP) is 0.824. The normalized spacial score (nSPS) is 11.5. The molecule has 6 aromatic heterocycles. The second-order valence-electron chi connectivity index (χ2n) is 17.2. The number of imidazole rings is 2. The van der Waals surface area contributed by atoms with Crippen LogP contribution in [0.2, 0.25) is 0 Å². The van der Waals surface area contributed by atoms with E-state index in [9.17, 15) is 43.5 Å². The largest absolute Gasteiger partial charge is 0.383 e. The Kier molecular flexibility index (Phi) is 17.0. The summed E-state index contributed by atoms with van der Waals surface area (Å²) < 4.78 is 8.98. The minimum Gasteiger partial charge on any atom is -0.383 e. The molecule has 0 bridgehead atoms. The van der Waals surface area contributed by atoms with Gasteiger partial charge in [0.2, 0.25) is 11.7 Å². The van der Waals surface area contributed by atoms with Gasteiger partial charge in [0, 0.05) is 112 Å². The molecule has 0 saturated carbocycles. The molecular formula is C46H59N17O9. The van der Waals surface area contributed by atoms with Crippen molar-refractivity contribution in [1.29, 1.82) is 0 Å². The molecule has 6 heterocycles. The summed E-state index contributed by atoms with van der Waals surface area (Å²) in [5, 5.41) is 32.2. The van der Waals surface area contributed by atoms with Crippen molar-refractivity contribution in [3.8, 4) is 0 Å². The van der Waals surface area contributed by atoms with E-state index in [0.29, 0.717) is 17.9 Å². The van der Waals surface area contributed by atoms with E-state index in [1.54, 1.807) is 65.4 Å². The summed E-state index contributed by atoms with van der Waals surface area (Å²) in [6, 6.07) is 5.83. The lowest BCUT2D eigenvalue weighted by Gasteiger charge is -2.11. The molecular weight excluding hydrogens is 935 g/mol. The van der Waals surface area contributed by atoms with Crippen LogP contribution in [0.5, 0.6) is 0 Å². The number of rotatable bonds is 22. The first-order valence-electron chi connectivity index (χ1n) is 22.6. The van der Waals surface area contributed by atoms with Crippen LogP contribution >= 0.6 is 0 Å². The highest BCUT2D eigenvalue weighted by atomic mass is 16.3. The first-order chi connectivity index (χ1) is 34.2. The Morgan fingerprint density at radius 1 is 0.542 bits per heavy atom. The fourth-order valence-electron chi connectivity index (χ4n) is 7.37. The maximum absolute atomic E-state index is 13.4. The monoisotopic (exact) mass is 993 g/mol. The molecule has 0 aliphatic carbocycles. The Morgan fingerprint density at radius 3 is 1.51 bits per heavy atom. The molecule has 72 heavy (non-hydrogen) atoms. The molecule has 0 radical (unpaired) electrons. The van der Waals surface area contributed by atoms with E-state index in [4.69, 9.17) is 0 Å². The van der Waals surface area contributed by atoms with Gasteiger partial charge in [-0.1, -0.05) is 0 Å². The van der Waals surface area contributed by atoms with Crippen LogP contribution in [0, 0.1) is 0 Å². The molecule has 26 heteroatoms.